The van der Waals surface area contributed by atoms with Gasteiger partial charge < -0.3 is 10.2 Å². The van der Waals surface area contributed by atoms with E-state index in [1.54, 1.807) is 4.90 Å². The lowest BCUT2D eigenvalue weighted by Crippen LogP contribution is -2.40. The number of piperidine rings is 1. The first-order chi connectivity index (χ1) is 13.0. The molecule has 0 radical (unpaired) electrons. The van der Waals surface area contributed by atoms with E-state index in [9.17, 15) is 22.0 Å². The summed E-state index contributed by atoms with van der Waals surface area (Å²) in [5, 5.41) is 7.21. The molecular weight excluding hydrogens is 460 g/mol. The van der Waals surface area contributed by atoms with Gasteiger partial charge in [-0.25, -0.2) is 32.3 Å². The van der Waals surface area contributed by atoms with E-state index in [0.717, 1.165) is 6.07 Å². The number of primary sulfonamides is 1. The molecule has 1 saturated heterocycles. The highest BCUT2D eigenvalue weighted by Gasteiger charge is 2.35. The van der Waals surface area contributed by atoms with Crippen molar-refractivity contribution in [1.82, 2.24) is 9.97 Å². The van der Waals surface area contributed by atoms with Gasteiger partial charge in [0.1, 0.15) is 5.82 Å². The van der Waals surface area contributed by atoms with Gasteiger partial charge in [0.25, 0.3) is 21.9 Å². The van der Waals surface area contributed by atoms with Crippen molar-refractivity contribution in [2.24, 2.45) is 5.14 Å². The van der Waals surface area contributed by atoms with Gasteiger partial charge in [0.2, 0.25) is 0 Å². The van der Waals surface area contributed by atoms with E-state index in [1.165, 1.54) is 24.5 Å². The molecule has 1 aliphatic rings. The lowest BCUT2D eigenvalue weighted by atomic mass is 10.1. The molecule has 0 saturated carbocycles. The van der Waals surface area contributed by atoms with E-state index in [2.05, 4.69) is 31.2 Å². The average Bonchev–Trinajstić information content (AvgIpc) is 2.61. The van der Waals surface area contributed by atoms with Gasteiger partial charge in [-0.05, 0) is 28.1 Å². The zero-order chi connectivity index (χ0) is 20.5. The normalized spacial score (nSPS) is 16.6. The van der Waals surface area contributed by atoms with Crippen molar-refractivity contribution in [3.8, 4) is 0 Å². The molecule has 12 heteroatoms. The number of sulfonamides is 1. The SMILES string of the molecule is NS(=O)(=O)c1cc(NC(=O)c2cc(Br)cnc2N2CCC(F)(F)CC2)ccn1. The third-order valence-electron chi connectivity index (χ3n) is 4.16. The van der Waals surface area contributed by atoms with Crippen LogP contribution in [0.25, 0.3) is 0 Å². The number of hydrogen-bond donors (Lipinski definition) is 2. The Morgan fingerprint density at radius 1 is 1.25 bits per heavy atom. The van der Waals surface area contributed by atoms with Crippen LogP contribution in [0.15, 0.2) is 40.1 Å². The van der Waals surface area contributed by atoms with E-state index in [1.807, 2.05) is 0 Å². The summed E-state index contributed by atoms with van der Waals surface area (Å²) in [6, 6.07) is 4.05. The van der Waals surface area contributed by atoms with Crippen LogP contribution < -0.4 is 15.4 Å². The van der Waals surface area contributed by atoms with Crippen molar-refractivity contribution in [2.75, 3.05) is 23.3 Å². The van der Waals surface area contributed by atoms with Crippen molar-refractivity contribution >= 4 is 43.4 Å². The van der Waals surface area contributed by atoms with Crippen molar-refractivity contribution in [3.63, 3.8) is 0 Å². The van der Waals surface area contributed by atoms with Crippen LogP contribution in [0.4, 0.5) is 20.3 Å². The summed E-state index contributed by atoms with van der Waals surface area (Å²) in [4.78, 5) is 22.3. The second kappa shape index (κ2) is 7.68. The van der Waals surface area contributed by atoms with Gasteiger partial charge in [-0.2, -0.15) is 0 Å². The number of nitrogens with two attached hydrogens (primary N) is 1. The van der Waals surface area contributed by atoms with Gasteiger partial charge in [-0.1, -0.05) is 0 Å². The minimum Gasteiger partial charge on any atom is -0.356 e. The number of rotatable bonds is 4. The highest BCUT2D eigenvalue weighted by Crippen LogP contribution is 2.32. The second-order valence-electron chi connectivity index (χ2n) is 6.25. The monoisotopic (exact) mass is 475 g/mol. The number of amides is 1. The van der Waals surface area contributed by atoms with E-state index in [-0.39, 0.29) is 43.0 Å². The number of pyridine rings is 2. The predicted octanol–water partition coefficient (Wildman–Crippen LogP) is 2.37. The predicted molar refractivity (Wildman–Crippen MR) is 102 cm³/mol. The molecule has 3 N–H and O–H groups in total. The fraction of sp³-hybridized carbons (Fsp3) is 0.312. The van der Waals surface area contributed by atoms with Crippen LogP contribution in [-0.4, -0.2) is 43.3 Å². The Balaban J connectivity index is 1.87. The molecule has 0 aromatic carbocycles. The minimum atomic E-state index is -4.03. The molecular formula is C16H16BrF2N5O3S. The van der Waals surface area contributed by atoms with E-state index >= 15 is 0 Å². The Morgan fingerprint density at radius 2 is 1.93 bits per heavy atom. The largest absolute Gasteiger partial charge is 0.356 e. The molecule has 1 amide bonds. The molecule has 0 bridgehead atoms. The quantitative estimate of drug-likeness (QED) is 0.700. The molecule has 8 nitrogen and oxygen atoms in total. The summed E-state index contributed by atoms with van der Waals surface area (Å²) in [6.07, 6.45) is 2.02. The summed E-state index contributed by atoms with van der Waals surface area (Å²) in [5.41, 5.74) is 0.327. The van der Waals surface area contributed by atoms with Crippen LogP contribution in [0, 0.1) is 0 Å². The maximum atomic E-state index is 13.4. The zero-order valence-corrected chi connectivity index (χ0v) is 16.8. The topological polar surface area (TPSA) is 118 Å². The molecule has 2 aromatic rings. The third kappa shape index (κ3) is 4.80. The second-order valence-corrected chi connectivity index (χ2v) is 8.67. The summed E-state index contributed by atoms with van der Waals surface area (Å²) in [7, 11) is -4.03. The van der Waals surface area contributed by atoms with Gasteiger partial charge in [0.15, 0.2) is 5.03 Å². The number of alkyl halides is 2. The Morgan fingerprint density at radius 3 is 2.57 bits per heavy atom. The summed E-state index contributed by atoms with van der Waals surface area (Å²) < 4.78 is 50.2. The minimum absolute atomic E-state index is 0.0622. The van der Waals surface area contributed by atoms with Gasteiger partial charge >= 0.3 is 0 Å². The smallest absolute Gasteiger partial charge is 0.259 e. The summed E-state index contributed by atoms with van der Waals surface area (Å²) in [5.74, 6) is -3.03. The molecule has 2 aromatic heterocycles. The molecule has 150 valence electrons. The van der Waals surface area contributed by atoms with Crippen LogP contribution in [0.2, 0.25) is 0 Å². The third-order valence-corrected chi connectivity index (χ3v) is 5.40. The number of carbonyl (C=O) groups is 1. The average molecular weight is 476 g/mol. The number of nitrogens with zero attached hydrogens (tertiary/aromatic N) is 3. The number of nitrogens with one attached hydrogen (secondary N) is 1. The van der Waals surface area contributed by atoms with E-state index in [0.29, 0.717) is 4.47 Å². The number of carbonyl (C=O) groups excluding carboxylic acids is 1. The molecule has 0 aliphatic carbocycles. The molecule has 1 aliphatic heterocycles. The first kappa shape index (κ1) is 20.6. The lowest BCUT2D eigenvalue weighted by molar-refractivity contribution is -0.0221. The fourth-order valence-corrected chi connectivity index (χ4v) is 3.57. The van der Waals surface area contributed by atoms with Crippen molar-refractivity contribution in [1.29, 1.82) is 0 Å². The molecule has 3 heterocycles. The molecule has 28 heavy (non-hydrogen) atoms. The summed E-state index contributed by atoms with van der Waals surface area (Å²) in [6.45, 7) is 0.124. The zero-order valence-electron chi connectivity index (χ0n) is 14.4. The van der Waals surface area contributed by atoms with Crippen LogP contribution in [0.1, 0.15) is 23.2 Å². The van der Waals surface area contributed by atoms with Crippen molar-refractivity contribution in [2.45, 2.75) is 23.8 Å². The fourth-order valence-electron chi connectivity index (χ4n) is 2.74. The molecule has 1 fully saturated rings. The van der Waals surface area contributed by atoms with Crippen molar-refractivity contribution < 1.29 is 22.0 Å². The molecule has 0 atom stereocenters. The number of halogens is 3. The Kier molecular flexibility index (Phi) is 5.64. The maximum Gasteiger partial charge on any atom is 0.259 e. The van der Waals surface area contributed by atoms with E-state index in [4.69, 9.17) is 5.14 Å². The number of aromatic nitrogens is 2. The Hall–Kier alpha value is -2.18. The van der Waals surface area contributed by atoms with E-state index < -0.39 is 26.9 Å². The van der Waals surface area contributed by atoms with Crippen LogP contribution in [0.3, 0.4) is 0 Å². The standard InChI is InChI=1S/C16H16BrF2N5O3S/c17-10-7-12(14(22-9-10)24-5-2-16(18,19)3-6-24)15(25)23-11-1-4-21-13(8-11)28(20,26)27/h1,4,7-9H,2-3,5-6H2,(H2,20,26,27)(H,21,23,25). The lowest BCUT2D eigenvalue weighted by Gasteiger charge is -2.33. The first-order valence-electron chi connectivity index (χ1n) is 8.14. The maximum absolute atomic E-state index is 13.4. The highest BCUT2D eigenvalue weighted by molar-refractivity contribution is 9.10. The van der Waals surface area contributed by atoms with Gasteiger partial charge in [-0.15, -0.1) is 0 Å². The first-order valence-corrected chi connectivity index (χ1v) is 10.5. The van der Waals surface area contributed by atoms with Gasteiger partial charge in [-0.3, -0.25) is 4.79 Å². The van der Waals surface area contributed by atoms with Gasteiger partial charge in [0.05, 0.1) is 5.56 Å². The number of hydrogen-bond acceptors (Lipinski definition) is 6. The summed E-state index contributed by atoms with van der Waals surface area (Å²) >= 11 is 3.24. The van der Waals surface area contributed by atoms with Crippen LogP contribution >= 0.6 is 15.9 Å². The Labute approximate surface area is 168 Å². The number of anilines is 2. The van der Waals surface area contributed by atoms with Crippen molar-refractivity contribution in [3.05, 3.63) is 40.6 Å². The molecule has 3 rings (SSSR count). The van der Waals surface area contributed by atoms with Gasteiger partial charge in [0, 0.05) is 54.6 Å². The highest BCUT2D eigenvalue weighted by atomic mass is 79.9. The molecule has 0 unspecified atom stereocenters. The Bertz CT molecular complexity index is 1010. The van der Waals surface area contributed by atoms with Crippen LogP contribution in [-0.2, 0) is 10.0 Å². The van der Waals surface area contributed by atoms with Crippen LogP contribution in [0.5, 0.6) is 0 Å². The molecule has 0 spiro atoms.